The minimum absolute atomic E-state index is 0.0665. The van der Waals surface area contributed by atoms with Crippen LogP contribution in [0.3, 0.4) is 0 Å². The molecule has 0 aliphatic carbocycles. The Morgan fingerprint density at radius 1 is 1.12 bits per heavy atom. The van der Waals surface area contributed by atoms with Gasteiger partial charge in [0, 0.05) is 23.1 Å². The number of benzene rings is 1. The molecule has 0 atom stereocenters. The summed E-state index contributed by atoms with van der Waals surface area (Å²) in [5.41, 5.74) is 1.60. The lowest BCUT2D eigenvalue weighted by molar-refractivity contribution is -0.124. The van der Waals surface area contributed by atoms with Gasteiger partial charge in [-0.2, -0.15) is 0 Å². The minimum Gasteiger partial charge on any atom is -0.459 e. The topological polar surface area (TPSA) is 100 Å². The molecular weight excluding hydrogens is 390 g/mol. The zero-order valence-corrected chi connectivity index (χ0v) is 15.2. The van der Waals surface area contributed by atoms with Gasteiger partial charge in [-0.3, -0.25) is 14.4 Å². The summed E-state index contributed by atoms with van der Waals surface area (Å²) < 4.78 is 5.86. The highest BCUT2D eigenvalue weighted by Crippen LogP contribution is 2.19. The molecule has 0 aliphatic heterocycles. The predicted molar refractivity (Wildman–Crippen MR) is 96.2 cm³/mol. The molecule has 2 aromatic rings. The largest absolute Gasteiger partial charge is 0.459 e. The quantitative estimate of drug-likeness (QED) is 0.654. The summed E-state index contributed by atoms with van der Waals surface area (Å²) in [5, 5.41) is 7.79. The van der Waals surface area contributed by atoms with E-state index in [1.54, 1.807) is 12.1 Å². The van der Waals surface area contributed by atoms with Gasteiger partial charge >= 0.3 is 0 Å². The zero-order valence-electron chi connectivity index (χ0n) is 13.6. The van der Waals surface area contributed by atoms with Crippen LogP contribution in [0.4, 0.5) is 5.69 Å². The monoisotopic (exact) mass is 407 g/mol. The van der Waals surface area contributed by atoms with Crippen LogP contribution in [0, 0.1) is 6.92 Å². The first-order valence-corrected chi connectivity index (χ1v) is 8.39. The second kappa shape index (κ2) is 9.03. The molecule has 8 heteroatoms. The Hall–Kier alpha value is -2.61. The van der Waals surface area contributed by atoms with Crippen molar-refractivity contribution in [1.82, 2.24) is 10.6 Å². The van der Waals surface area contributed by atoms with Gasteiger partial charge in [0.1, 0.15) is 0 Å². The van der Waals surface area contributed by atoms with Gasteiger partial charge in [-0.15, -0.1) is 0 Å². The molecule has 0 bridgehead atoms. The molecule has 0 saturated carbocycles. The van der Waals surface area contributed by atoms with Crippen LogP contribution in [-0.4, -0.2) is 30.8 Å². The molecule has 0 unspecified atom stereocenters. The van der Waals surface area contributed by atoms with Crippen LogP contribution in [-0.2, 0) is 9.59 Å². The van der Waals surface area contributed by atoms with Crippen molar-refractivity contribution in [1.29, 1.82) is 0 Å². The average molecular weight is 408 g/mol. The molecule has 25 heavy (non-hydrogen) atoms. The van der Waals surface area contributed by atoms with Crippen molar-refractivity contribution >= 4 is 39.3 Å². The SMILES string of the molecule is Cc1cc(Br)ccc1NC(=O)CNC(=O)CCNC(=O)c1ccco1. The van der Waals surface area contributed by atoms with E-state index in [2.05, 4.69) is 31.9 Å². The lowest BCUT2D eigenvalue weighted by Gasteiger charge is -2.10. The second-order valence-corrected chi connectivity index (χ2v) is 6.18. The van der Waals surface area contributed by atoms with Crippen LogP contribution in [0.2, 0.25) is 0 Å². The van der Waals surface area contributed by atoms with E-state index in [1.165, 1.54) is 12.3 Å². The van der Waals surface area contributed by atoms with Crippen LogP contribution < -0.4 is 16.0 Å². The number of amides is 3. The number of rotatable bonds is 7. The maximum Gasteiger partial charge on any atom is 0.286 e. The van der Waals surface area contributed by atoms with Gasteiger partial charge in [0.05, 0.1) is 12.8 Å². The average Bonchev–Trinajstić information content (AvgIpc) is 3.10. The molecule has 1 aromatic carbocycles. The summed E-state index contributed by atoms with van der Waals surface area (Å²) in [6.45, 7) is 1.89. The van der Waals surface area contributed by atoms with E-state index >= 15 is 0 Å². The number of hydrogen-bond donors (Lipinski definition) is 3. The Kier molecular flexibility index (Phi) is 6.76. The van der Waals surface area contributed by atoms with Crippen molar-refractivity contribution < 1.29 is 18.8 Å². The molecule has 132 valence electrons. The summed E-state index contributed by atoms with van der Waals surface area (Å²) in [7, 11) is 0. The Morgan fingerprint density at radius 2 is 1.92 bits per heavy atom. The third kappa shape index (κ3) is 6.07. The third-order valence-electron chi connectivity index (χ3n) is 3.29. The van der Waals surface area contributed by atoms with Gasteiger partial charge < -0.3 is 20.4 Å². The number of hydrogen-bond acceptors (Lipinski definition) is 4. The third-order valence-corrected chi connectivity index (χ3v) is 3.78. The van der Waals surface area contributed by atoms with Crippen molar-refractivity contribution in [3.05, 3.63) is 52.4 Å². The molecule has 0 radical (unpaired) electrons. The van der Waals surface area contributed by atoms with E-state index in [-0.39, 0.29) is 43.0 Å². The van der Waals surface area contributed by atoms with E-state index in [4.69, 9.17) is 4.42 Å². The fraction of sp³-hybridized carbons (Fsp3) is 0.235. The standard InChI is InChI=1S/C17H18BrN3O4/c1-11-9-12(18)4-5-13(11)21-16(23)10-20-15(22)6-7-19-17(24)14-3-2-8-25-14/h2-5,8-9H,6-7,10H2,1H3,(H,19,24)(H,20,22)(H,21,23). The number of furan rings is 1. The van der Waals surface area contributed by atoms with E-state index in [1.807, 2.05) is 19.1 Å². The molecule has 3 N–H and O–H groups in total. The maximum atomic E-state index is 11.9. The van der Waals surface area contributed by atoms with Gasteiger partial charge in [-0.05, 0) is 42.8 Å². The molecule has 1 heterocycles. The van der Waals surface area contributed by atoms with Crippen molar-refractivity contribution in [3.63, 3.8) is 0 Å². The molecule has 0 aliphatic rings. The van der Waals surface area contributed by atoms with Gasteiger partial charge in [0.25, 0.3) is 5.91 Å². The fourth-order valence-corrected chi connectivity index (χ4v) is 2.49. The van der Waals surface area contributed by atoms with E-state index < -0.39 is 0 Å². The van der Waals surface area contributed by atoms with Crippen molar-refractivity contribution in [2.24, 2.45) is 0 Å². The van der Waals surface area contributed by atoms with Crippen LogP contribution in [0.25, 0.3) is 0 Å². The number of carbonyl (C=O) groups excluding carboxylic acids is 3. The van der Waals surface area contributed by atoms with Gasteiger partial charge in [0.2, 0.25) is 11.8 Å². The highest BCUT2D eigenvalue weighted by Gasteiger charge is 2.10. The minimum atomic E-state index is -0.388. The highest BCUT2D eigenvalue weighted by molar-refractivity contribution is 9.10. The number of aryl methyl sites for hydroxylation is 1. The van der Waals surface area contributed by atoms with Crippen molar-refractivity contribution in [2.75, 3.05) is 18.4 Å². The lowest BCUT2D eigenvalue weighted by Crippen LogP contribution is -2.35. The predicted octanol–water partition coefficient (Wildman–Crippen LogP) is 2.23. The Labute approximate surface area is 153 Å². The first kappa shape index (κ1) is 18.7. The first-order chi connectivity index (χ1) is 12.0. The Balaban J connectivity index is 1.67. The van der Waals surface area contributed by atoms with Crippen LogP contribution in [0.1, 0.15) is 22.5 Å². The van der Waals surface area contributed by atoms with Crippen LogP contribution in [0.15, 0.2) is 45.5 Å². The molecule has 1 aromatic heterocycles. The first-order valence-electron chi connectivity index (χ1n) is 7.60. The Morgan fingerprint density at radius 3 is 2.60 bits per heavy atom. The number of nitrogens with one attached hydrogen (secondary N) is 3. The molecule has 3 amide bonds. The zero-order chi connectivity index (χ0) is 18.2. The smallest absolute Gasteiger partial charge is 0.286 e. The lowest BCUT2D eigenvalue weighted by atomic mass is 10.2. The molecule has 7 nitrogen and oxygen atoms in total. The van der Waals surface area contributed by atoms with E-state index in [0.29, 0.717) is 5.69 Å². The van der Waals surface area contributed by atoms with Crippen LogP contribution >= 0.6 is 15.9 Å². The number of halogens is 1. The summed E-state index contributed by atoms with van der Waals surface area (Å²) in [6, 6.07) is 8.62. The summed E-state index contributed by atoms with van der Waals surface area (Å²) in [5.74, 6) is -0.855. The molecular formula is C17H18BrN3O4. The summed E-state index contributed by atoms with van der Waals surface area (Å²) >= 11 is 3.35. The molecule has 0 saturated heterocycles. The maximum absolute atomic E-state index is 11.9. The summed E-state index contributed by atoms with van der Waals surface area (Å²) in [4.78, 5) is 35.2. The van der Waals surface area contributed by atoms with Gasteiger partial charge in [-0.25, -0.2) is 0 Å². The van der Waals surface area contributed by atoms with E-state index in [0.717, 1.165) is 10.0 Å². The molecule has 0 fully saturated rings. The van der Waals surface area contributed by atoms with Gasteiger partial charge in [0.15, 0.2) is 5.76 Å². The van der Waals surface area contributed by atoms with E-state index in [9.17, 15) is 14.4 Å². The fourth-order valence-electron chi connectivity index (χ4n) is 2.01. The normalized spacial score (nSPS) is 10.2. The van der Waals surface area contributed by atoms with Crippen molar-refractivity contribution in [3.8, 4) is 0 Å². The van der Waals surface area contributed by atoms with Gasteiger partial charge in [-0.1, -0.05) is 15.9 Å². The number of carbonyl (C=O) groups is 3. The molecule has 0 spiro atoms. The Bertz CT molecular complexity index is 759. The van der Waals surface area contributed by atoms with Crippen molar-refractivity contribution in [2.45, 2.75) is 13.3 Å². The number of anilines is 1. The highest BCUT2D eigenvalue weighted by atomic mass is 79.9. The summed E-state index contributed by atoms with van der Waals surface area (Å²) in [6.07, 6.45) is 1.46. The van der Waals surface area contributed by atoms with Crippen LogP contribution in [0.5, 0.6) is 0 Å². The second-order valence-electron chi connectivity index (χ2n) is 5.27. The molecule has 2 rings (SSSR count).